The molecule has 0 aliphatic carbocycles. The summed E-state index contributed by atoms with van der Waals surface area (Å²) in [5.41, 5.74) is 0. The number of ether oxygens (including phenoxy) is 1. The molecule has 0 aromatic carbocycles. The number of allylic oxidation sites excluding steroid dienone is 2. The number of hydrogen-bond acceptors (Lipinski definition) is 5. The molecule has 0 rings (SSSR count). The van der Waals surface area contributed by atoms with Crippen molar-refractivity contribution in [2.24, 2.45) is 0 Å². The van der Waals surface area contributed by atoms with Gasteiger partial charge in [-0.05, 0) is 57.8 Å². The van der Waals surface area contributed by atoms with Gasteiger partial charge in [0.2, 0.25) is 5.91 Å². The lowest BCUT2D eigenvalue weighted by Crippen LogP contribution is -2.45. The summed E-state index contributed by atoms with van der Waals surface area (Å²) in [4.78, 5) is 24.6. The molecule has 3 N–H and O–H groups in total. The molecule has 0 fully saturated rings. The van der Waals surface area contributed by atoms with E-state index in [0.717, 1.165) is 77.0 Å². The Morgan fingerprint density at radius 3 is 1.00 bits per heavy atom. The quantitative estimate of drug-likeness (QED) is 0.0320. The third kappa shape index (κ3) is 57.7. The van der Waals surface area contributed by atoms with Gasteiger partial charge >= 0.3 is 5.97 Å². The number of hydrogen-bond donors (Lipinski definition) is 3. The number of aliphatic hydroxyl groups excluding tert-OH is 2. The Labute approximate surface area is 444 Å². The molecule has 422 valence electrons. The van der Waals surface area contributed by atoms with E-state index in [4.69, 9.17) is 4.74 Å². The maximum atomic E-state index is 12.5. The van der Waals surface area contributed by atoms with Gasteiger partial charge in [-0.15, -0.1) is 0 Å². The number of carbonyl (C=O) groups is 2. The fourth-order valence-corrected chi connectivity index (χ4v) is 10.3. The van der Waals surface area contributed by atoms with E-state index in [1.807, 2.05) is 0 Å². The molecule has 0 radical (unpaired) electrons. The Bertz CT molecular complexity index is 1060. The maximum Gasteiger partial charge on any atom is 0.305 e. The van der Waals surface area contributed by atoms with Crippen molar-refractivity contribution >= 4 is 11.9 Å². The second-order valence-electron chi connectivity index (χ2n) is 22.5. The van der Waals surface area contributed by atoms with Crippen molar-refractivity contribution in [1.29, 1.82) is 0 Å². The number of carbonyl (C=O) groups excluding carboxylic acids is 2. The molecule has 0 spiro atoms. The molecular formula is C65H127NO5. The van der Waals surface area contributed by atoms with E-state index in [1.54, 1.807) is 0 Å². The number of nitrogens with one attached hydrogen (secondary N) is 1. The second kappa shape index (κ2) is 61.1. The van der Waals surface area contributed by atoms with E-state index in [9.17, 15) is 19.8 Å². The van der Waals surface area contributed by atoms with Crippen LogP contribution in [-0.2, 0) is 14.3 Å². The molecule has 6 heteroatoms. The van der Waals surface area contributed by atoms with Crippen LogP contribution >= 0.6 is 0 Å². The highest BCUT2D eigenvalue weighted by atomic mass is 16.5. The Hall–Kier alpha value is -1.40. The standard InChI is InChI=1S/C65H127NO5/c1-3-5-7-9-11-13-15-17-19-21-23-24-25-26-27-28-29-31-33-37-41-45-49-53-57-63(68)62(61-67)66-64(69)58-54-50-46-42-38-35-36-40-44-48-52-56-60-71-65(70)59-55-51-47-43-39-34-32-30-22-20-18-16-14-12-10-8-6-4-2/h36,40,62-63,67-68H,3-35,37-39,41-61H2,1-2H3,(H,66,69)/b40-36-. The van der Waals surface area contributed by atoms with Crippen LogP contribution in [0.15, 0.2) is 12.2 Å². The Balaban J connectivity index is 3.45. The first-order chi connectivity index (χ1) is 35.0. The highest BCUT2D eigenvalue weighted by molar-refractivity contribution is 5.76. The summed E-state index contributed by atoms with van der Waals surface area (Å²) in [6.07, 6.45) is 73.7. The summed E-state index contributed by atoms with van der Waals surface area (Å²) < 4.78 is 5.47. The highest BCUT2D eigenvalue weighted by Crippen LogP contribution is 2.19. The predicted octanol–water partition coefficient (Wildman–Crippen LogP) is 20.4. The van der Waals surface area contributed by atoms with Crippen LogP contribution in [0.3, 0.4) is 0 Å². The average molecular weight is 1000 g/mol. The van der Waals surface area contributed by atoms with Gasteiger partial charge < -0.3 is 20.3 Å². The minimum atomic E-state index is -0.681. The Morgan fingerprint density at radius 1 is 0.380 bits per heavy atom. The number of esters is 1. The fourth-order valence-electron chi connectivity index (χ4n) is 10.3. The van der Waals surface area contributed by atoms with Gasteiger partial charge in [-0.25, -0.2) is 0 Å². The lowest BCUT2D eigenvalue weighted by Gasteiger charge is -2.22. The summed E-state index contributed by atoms with van der Waals surface area (Å²) in [6, 6.07) is -0.561. The SMILES string of the molecule is CCCCCCCCCCCCCCCCCCCCCCCCCCC(O)C(CO)NC(=O)CCCCCCC/C=C\CCCCCOC(=O)CCCCCCCCCCCCCCCCCCCC. The normalized spacial score (nSPS) is 12.6. The first kappa shape index (κ1) is 69.6. The maximum absolute atomic E-state index is 12.5. The van der Waals surface area contributed by atoms with Gasteiger partial charge in [0.25, 0.3) is 0 Å². The summed E-state index contributed by atoms with van der Waals surface area (Å²) in [5, 5.41) is 23.4. The van der Waals surface area contributed by atoms with Crippen LogP contribution in [0.2, 0.25) is 0 Å². The zero-order chi connectivity index (χ0) is 51.4. The summed E-state index contributed by atoms with van der Waals surface area (Å²) >= 11 is 0. The molecular weight excluding hydrogens is 875 g/mol. The minimum absolute atomic E-state index is 0.0169. The third-order valence-electron chi connectivity index (χ3n) is 15.3. The molecule has 0 aromatic rings. The van der Waals surface area contributed by atoms with Crippen molar-refractivity contribution in [3.8, 4) is 0 Å². The number of aliphatic hydroxyl groups is 2. The van der Waals surface area contributed by atoms with Gasteiger partial charge in [-0.2, -0.15) is 0 Å². The number of amides is 1. The molecule has 1 amide bonds. The topological polar surface area (TPSA) is 95.9 Å². The van der Waals surface area contributed by atoms with Gasteiger partial charge in [-0.3, -0.25) is 9.59 Å². The van der Waals surface area contributed by atoms with Crippen molar-refractivity contribution in [1.82, 2.24) is 5.32 Å². The molecule has 0 saturated heterocycles. The van der Waals surface area contributed by atoms with Crippen LogP contribution in [0, 0.1) is 0 Å². The summed E-state index contributed by atoms with van der Waals surface area (Å²) in [6.45, 7) is 4.94. The summed E-state index contributed by atoms with van der Waals surface area (Å²) in [7, 11) is 0. The molecule has 0 saturated carbocycles. The molecule has 6 nitrogen and oxygen atoms in total. The third-order valence-corrected chi connectivity index (χ3v) is 15.3. The first-order valence-electron chi connectivity index (χ1n) is 32.4. The van der Waals surface area contributed by atoms with E-state index in [2.05, 4.69) is 31.3 Å². The second-order valence-corrected chi connectivity index (χ2v) is 22.5. The lowest BCUT2D eigenvalue weighted by molar-refractivity contribution is -0.143. The molecule has 0 bridgehead atoms. The van der Waals surface area contributed by atoms with Gasteiger partial charge in [0.05, 0.1) is 25.4 Å². The largest absolute Gasteiger partial charge is 0.466 e. The van der Waals surface area contributed by atoms with Crippen molar-refractivity contribution in [3.63, 3.8) is 0 Å². The van der Waals surface area contributed by atoms with Crippen molar-refractivity contribution in [3.05, 3.63) is 12.2 Å². The van der Waals surface area contributed by atoms with Crippen molar-refractivity contribution in [2.75, 3.05) is 13.2 Å². The molecule has 0 aliphatic rings. The van der Waals surface area contributed by atoms with Gasteiger partial charge in [-0.1, -0.05) is 309 Å². The summed E-state index contributed by atoms with van der Waals surface area (Å²) in [5.74, 6) is -0.0727. The van der Waals surface area contributed by atoms with Crippen molar-refractivity contribution in [2.45, 2.75) is 379 Å². The van der Waals surface area contributed by atoms with Crippen molar-refractivity contribution < 1.29 is 24.5 Å². The monoisotopic (exact) mass is 1000 g/mol. The van der Waals surface area contributed by atoms with Crippen LogP contribution < -0.4 is 5.32 Å². The number of unbranched alkanes of at least 4 members (excludes halogenated alkanes) is 48. The molecule has 0 heterocycles. The lowest BCUT2D eigenvalue weighted by atomic mass is 10.0. The molecule has 0 aliphatic heterocycles. The smallest absolute Gasteiger partial charge is 0.305 e. The minimum Gasteiger partial charge on any atom is -0.466 e. The first-order valence-corrected chi connectivity index (χ1v) is 32.4. The molecule has 71 heavy (non-hydrogen) atoms. The van der Waals surface area contributed by atoms with Crippen LogP contribution in [0.1, 0.15) is 367 Å². The zero-order valence-electron chi connectivity index (χ0n) is 48.2. The Kier molecular flexibility index (Phi) is 59.9. The highest BCUT2D eigenvalue weighted by Gasteiger charge is 2.20. The molecule has 0 aromatic heterocycles. The van der Waals surface area contributed by atoms with Gasteiger partial charge in [0.1, 0.15) is 0 Å². The van der Waals surface area contributed by atoms with Crippen LogP contribution in [-0.4, -0.2) is 47.4 Å². The zero-order valence-corrected chi connectivity index (χ0v) is 48.2. The van der Waals surface area contributed by atoms with E-state index in [1.165, 1.54) is 257 Å². The van der Waals surface area contributed by atoms with E-state index in [0.29, 0.717) is 25.9 Å². The van der Waals surface area contributed by atoms with Gasteiger partial charge in [0, 0.05) is 12.8 Å². The van der Waals surface area contributed by atoms with E-state index in [-0.39, 0.29) is 18.5 Å². The Morgan fingerprint density at radius 2 is 0.662 bits per heavy atom. The predicted molar refractivity (Wildman–Crippen MR) is 310 cm³/mol. The van der Waals surface area contributed by atoms with Gasteiger partial charge in [0.15, 0.2) is 0 Å². The average Bonchev–Trinajstić information content (AvgIpc) is 3.37. The van der Waals surface area contributed by atoms with E-state index >= 15 is 0 Å². The van der Waals surface area contributed by atoms with E-state index < -0.39 is 12.1 Å². The van der Waals surface area contributed by atoms with Crippen LogP contribution in [0.25, 0.3) is 0 Å². The van der Waals surface area contributed by atoms with Crippen LogP contribution in [0.4, 0.5) is 0 Å². The molecule has 2 unspecified atom stereocenters. The fraction of sp³-hybridized carbons (Fsp3) is 0.938. The number of rotatable bonds is 61. The van der Waals surface area contributed by atoms with Crippen LogP contribution in [0.5, 0.6) is 0 Å². The molecule has 2 atom stereocenters.